The number of benzene rings is 1. The Hall–Kier alpha value is -1.02. The van der Waals surface area contributed by atoms with Gasteiger partial charge in [-0.2, -0.15) is 0 Å². The predicted octanol–water partition coefficient (Wildman–Crippen LogP) is 4.17. The van der Waals surface area contributed by atoms with Crippen molar-refractivity contribution in [2.45, 2.75) is 52.9 Å². The lowest BCUT2D eigenvalue weighted by Gasteiger charge is -2.30. The van der Waals surface area contributed by atoms with Gasteiger partial charge in [-0.3, -0.25) is 0 Å². The molecule has 1 aromatic rings. The topological polar surface area (TPSA) is 35.2 Å². The van der Waals surface area contributed by atoms with Crippen molar-refractivity contribution in [1.29, 1.82) is 0 Å². The van der Waals surface area contributed by atoms with Crippen molar-refractivity contribution in [3.63, 3.8) is 0 Å². The SMILES string of the molecule is CCc1ccc(OCCCC(CC)(CC)CN)cc1. The van der Waals surface area contributed by atoms with Crippen molar-refractivity contribution in [3.8, 4) is 5.75 Å². The van der Waals surface area contributed by atoms with E-state index in [1.54, 1.807) is 0 Å². The summed E-state index contributed by atoms with van der Waals surface area (Å²) >= 11 is 0. The van der Waals surface area contributed by atoms with Crippen molar-refractivity contribution in [1.82, 2.24) is 0 Å². The molecule has 0 unspecified atom stereocenters. The molecule has 1 aromatic carbocycles. The molecule has 0 spiro atoms. The van der Waals surface area contributed by atoms with Crippen LogP contribution in [-0.2, 0) is 6.42 Å². The third-order valence-corrected chi connectivity index (χ3v) is 4.38. The summed E-state index contributed by atoms with van der Waals surface area (Å²) in [5.74, 6) is 0.976. The van der Waals surface area contributed by atoms with Crippen molar-refractivity contribution in [2.75, 3.05) is 13.2 Å². The van der Waals surface area contributed by atoms with Gasteiger partial charge in [-0.05, 0) is 61.8 Å². The summed E-state index contributed by atoms with van der Waals surface area (Å²) in [6.45, 7) is 8.21. The normalized spacial score (nSPS) is 11.6. The highest BCUT2D eigenvalue weighted by atomic mass is 16.5. The van der Waals surface area contributed by atoms with E-state index in [2.05, 4.69) is 45.0 Å². The summed E-state index contributed by atoms with van der Waals surface area (Å²) in [5, 5.41) is 0. The molecule has 0 aromatic heterocycles. The Bertz CT molecular complexity index is 333. The molecule has 0 saturated heterocycles. The highest BCUT2D eigenvalue weighted by Gasteiger charge is 2.23. The zero-order valence-electron chi connectivity index (χ0n) is 12.7. The molecule has 2 nitrogen and oxygen atoms in total. The first-order valence-corrected chi connectivity index (χ1v) is 7.61. The summed E-state index contributed by atoms with van der Waals surface area (Å²) in [4.78, 5) is 0. The average molecular weight is 263 g/mol. The van der Waals surface area contributed by atoms with E-state index in [9.17, 15) is 0 Å². The van der Waals surface area contributed by atoms with Gasteiger partial charge < -0.3 is 10.5 Å². The number of nitrogens with two attached hydrogens (primary N) is 1. The Morgan fingerprint density at radius 2 is 1.68 bits per heavy atom. The summed E-state index contributed by atoms with van der Waals surface area (Å²) in [6.07, 6.45) is 5.63. The Balaban J connectivity index is 2.33. The molecule has 0 aliphatic heterocycles. The molecule has 0 atom stereocenters. The Labute approximate surface area is 118 Å². The predicted molar refractivity (Wildman–Crippen MR) is 82.6 cm³/mol. The molecule has 2 heteroatoms. The monoisotopic (exact) mass is 263 g/mol. The van der Waals surface area contributed by atoms with E-state index in [0.717, 1.165) is 51.0 Å². The quantitative estimate of drug-likeness (QED) is 0.679. The average Bonchev–Trinajstić information content (AvgIpc) is 2.49. The molecule has 0 aliphatic rings. The highest BCUT2D eigenvalue weighted by Crippen LogP contribution is 2.30. The molecule has 19 heavy (non-hydrogen) atoms. The molecule has 108 valence electrons. The minimum Gasteiger partial charge on any atom is -0.494 e. The fraction of sp³-hybridized carbons (Fsp3) is 0.647. The van der Waals surface area contributed by atoms with Gasteiger partial charge in [0.25, 0.3) is 0 Å². The first-order chi connectivity index (χ1) is 9.19. The van der Waals surface area contributed by atoms with Crippen LogP contribution in [0, 0.1) is 5.41 Å². The maximum atomic E-state index is 5.91. The van der Waals surface area contributed by atoms with E-state index in [0.29, 0.717) is 5.41 Å². The lowest BCUT2D eigenvalue weighted by molar-refractivity contribution is 0.213. The molecule has 0 saturated carbocycles. The van der Waals surface area contributed by atoms with Gasteiger partial charge >= 0.3 is 0 Å². The second kappa shape index (κ2) is 8.21. The molecule has 0 heterocycles. The number of aryl methyl sites for hydroxylation is 1. The van der Waals surface area contributed by atoms with E-state index in [-0.39, 0.29) is 0 Å². The number of rotatable bonds is 9. The molecule has 0 amide bonds. The Kier molecular flexibility index (Phi) is 6.93. The van der Waals surface area contributed by atoms with E-state index in [4.69, 9.17) is 10.5 Å². The fourth-order valence-corrected chi connectivity index (χ4v) is 2.45. The first-order valence-electron chi connectivity index (χ1n) is 7.61. The minimum atomic E-state index is 0.315. The van der Waals surface area contributed by atoms with E-state index >= 15 is 0 Å². The molecular formula is C17H29NO. The Morgan fingerprint density at radius 1 is 1.05 bits per heavy atom. The molecule has 2 N–H and O–H groups in total. The van der Waals surface area contributed by atoms with Crippen LogP contribution in [0.2, 0.25) is 0 Å². The second-order valence-electron chi connectivity index (χ2n) is 5.36. The summed E-state index contributed by atoms with van der Waals surface area (Å²) < 4.78 is 5.79. The third-order valence-electron chi connectivity index (χ3n) is 4.38. The zero-order chi connectivity index (χ0) is 14.1. The van der Waals surface area contributed by atoms with Crippen LogP contribution < -0.4 is 10.5 Å². The van der Waals surface area contributed by atoms with E-state index in [1.165, 1.54) is 5.56 Å². The van der Waals surface area contributed by atoms with E-state index in [1.807, 2.05) is 0 Å². The van der Waals surface area contributed by atoms with Crippen LogP contribution in [0.3, 0.4) is 0 Å². The van der Waals surface area contributed by atoms with Crippen molar-refractivity contribution in [2.24, 2.45) is 11.1 Å². The largest absolute Gasteiger partial charge is 0.494 e. The minimum absolute atomic E-state index is 0.315. The van der Waals surface area contributed by atoms with Crippen LogP contribution in [0.15, 0.2) is 24.3 Å². The molecule has 0 fully saturated rings. The maximum absolute atomic E-state index is 5.91. The molecule has 0 aliphatic carbocycles. The molecule has 0 radical (unpaired) electrons. The molecular weight excluding hydrogens is 234 g/mol. The van der Waals surface area contributed by atoms with Gasteiger partial charge in [-0.1, -0.05) is 32.9 Å². The van der Waals surface area contributed by atoms with Crippen molar-refractivity contribution < 1.29 is 4.74 Å². The van der Waals surface area contributed by atoms with Crippen LogP contribution >= 0.6 is 0 Å². The fourth-order valence-electron chi connectivity index (χ4n) is 2.45. The maximum Gasteiger partial charge on any atom is 0.119 e. The second-order valence-corrected chi connectivity index (χ2v) is 5.36. The summed E-state index contributed by atoms with van der Waals surface area (Å²) in [7, 11) is 0. The Morgan fingerprint density at radius 3 is 2.16 bits per heavy atom. The molecule has 0 bridgehead atoms. The van der Waals surface area contributed by atoms with Crippen LogP contribution in [0.4, 0.5) is 0 Å². The van der Waals surface area contributed by atoms with Crippen molar-refractivity contribution >= 4 is 0 Å². The lowest BCUT2D eigenvalue weighted by Crippen LogP contribution is -2.29. The van der Waals surface area contributed by atoms with E-state index < -0.39 is 0 Å². The van der Waals surface area contributed by atoms with Crippen molar-refractivity contribution in [3.05, 3.63) is 29.8 Å². The van der Waals surface area contributed by atoms with Crippen LogP contribution in [0.1, 0.15) is 52.0 Å². The highest BCUT2D eigenvalue weighted by molar-refractivity contribution is 5.27. The third kappa shape index (κ3) is 4.87. The molecule has 1 rings (SSSR count). The number of hydrogen-bond acceptors (Lipinski definition) is 2. The van der Waals surface area contributed by atoms with Gasteiger partial charge in [0, 0.05) is 0 Å². The smallest absolute Gasteiger partial charge is 0.119 e. The van der Waals surface area contributed by atoms with Gasteiger partial charge in [0.1, 0.15) is 5.75 Å². The zero-order valence-corrected chi connectivity index (χ0v) is 12.7. The van der Waals surface area contributed by atoms with Gasteiger partial charge in [0.2, 0.25) is 0 Å². The lowest BCUT2D eigenvalue weighted by atomic mass is 9.78. The van der Waals surface area contributed by atoms with Gasteiger partial charge in [-0.15, -0.1) is 0 Å². The summed E-state index contributed by atoms with van der Waals surface area (Å²) in [5.41, 5.74) is 7.58. The van der Waals surface area contributed by atoms with Gasteiger partial charge in [0.15, 0.2) is 0 Å². The summed E-state index contributed by atoms with van der Waals surface area (Å²) in [6, 6.07) is 8.40. The van der Waals surface area contributed by atoms with Gasteiger partial charge in [0.05, 0.1) is 6.61 Å². The van der Waals surface area contributed by atoms with Gasteiger partial charge in [-0.25, -0.2) is 0 Å². The standard InChI is InChI=1S/C17H29NO/c1-4-15-8-10-16(11-9-15)19-13-7-12-17(5-2,6-3)14-18/h8-11H,4-7,12-14,18H2,1-3H3. The number of hydrogen-bond donors (Lipinski definition) is 1. The van der Waals surface area contributed by atoms with Crippen LogP contribution in [-0.4, -0.2) is 13.2 Å². The first kappa shape index (κ1) is 16.0. The number of ether oxygens (including phenoxy) is 1. The van der Waals surface area contributed by atoms with Crippen LogP contribution in [0.5, 0.6) is 5.75 Å². The van der Waals surface area contributed by atoms with Crippen LogP contribution in [0.25, 0.3) is 0 Å².